The molecule has 1 aliphatic carbocycles. The molecule has 100 valence electrons. The number of carboxylic acid groups (broad SMARTS) is 1. The molecule has 2 fully saturated rings. The van der Waals surface area contributed by atoms with Gasteiger partial charge in [0.15, 0.2) is 0 Å². The molecule has 0 aromatic heterocycles. The van der Waals surface area contributed by atoms with Gasteiger partial charge in [0, 0.05) is 13.0 Å². The third-order valence-electron chi connectivity index (χ3n) is 3.93. The predicted octanol–water partition coefficient (Wildman–Crippen LogP) is 0.963. The summed E-state index contributed by atoms with van der Waals surface area (Å²) in [6.07, 6.45) is 4.60. The molecule has 0 radical (unpaired) electrons. The van der Waals surface area contributed by atoms with Crippen LogP contribution in [0, 0.1) is 5.41 Å². The molecule has 1 heterocycles. The van der Waals surface area contributed by atoms with E-state index in [2.05, 4.69) is 0 Å². The van der Waals surface area contributed by atoms with Crippen LogP contribution in [-0.2, 0) is 9.59 Å². The summed E-state index contributed by atoms with van der Waals surface area (Å²) in [7, 11) is 0. The van der Waals surface area contributed by atoms with E-state index in [0.717, 1.165) is 25.7 Å². The zero-order chi connectivity index (χ0) is 13.2. The lowest BCUT2D eigenvalue weighted by Crippen LogP contribution is -2.41. The molecule has 1 aliphatic heterocycles. The van der Waals surface area contributed by atoms with Crippen molar-refractivity contribution in [1.29, 1.82) is 0 Å². The van der Waals surface area contributed by atoms with Gasteiger partial charge in [-0.2, -0.15) is 0 Å². The number of hydrogen-bond donors (Lipinski definition) is 2. The molecular weight excluding hydrogens is 236 g/mol. The van der Waals surface area contributed by atoms with Crippen molar-refractivity contribution in [1.82, 2.24) is 10.2 Å². The van der Waals surface area contributed by atoms with Crippen LogP contribution in [0.25, 0.3) is 0 Å². The maximum atomic E-state index is 11.9. The Morgan fingerprint density at radius 1 is 1.28 bits per heavy atom. The van der Waals surface area contributed by atoms with Crippen LogP contribution in [0.3, 0.4) is 0 Å². The maximum Gasteiger partial charge on any atom is 0.405 e. The first-order chi connectivity index (χ1) is 8.52. The largest absolute Gasteiger partial charge is 0.465 e. The molecule has 0 unspecified atom stereocenters. The average molecular weight is 254 g/mol. The van der Waals surface area contributed by atoms with Gasteiger partial charge < -0.3 is 10.4 Å². The summed E-state index contributed by atoms with van der Waals surface area (Å²) < 4.78 is 0. The summed E-state index contributed by atoms with van der Waals surface area (Å²) in [6.45, 7) is 0.142. The van der Waals surface area contributed by atoms with Gasteiger partial charge >= 0.3 is 6.09 Å². The van der Waals surface area contributed by atoms with Crippen LogP contribution in [0.15, 0.2) is 0 Å². The zero-order valence-electron chi connectivity index (χ0n) is 10.3. The van der Waals surface area contributed by atoms with Crippen LogP contribution in [0.2, 0.25) is 0 Å². The molecule has 1 saturated heterocycles. The monoisotopic (exact) mass is 254 g/mol. The maximum absolute atomic E-state index is 11.9. The van der Waals surface area contributed by atoms with Crippen molar-refractivity contribution in [3.63, 3.8) is 0 Å². The summed E-state index contributed by atoms with van der Waals surface area (Å²) in [4.78, 5) is 35.2. The smallest absolute Gasteiger partial charge is 0.405 e. The molecule has 0 atom stereocenters. The summed E-state index contributed by atoms with van der Waals surface area (Å²) in [5.41, 5.74) is -0.0335. The van der Waals surface area contributed by atoms with Crippen LogP contribution < -0.4 is 5.32 Å². The highest BCUT2D eigenvalue weighted by atomic mass is 16.4. The van der Waals surface area contributed by atoms with Crippen molar-refractivity contribution >= 4 is 17.9 Å². The fourth-order valence-corrected chi connectivity index (χ4v) is 3.01. The highest BCUT2D eigenvalue weighted by Gasteiger charge is 2.45. The van der Waals surface area contributed by atoms with E-state index in [-0.39, 0.29) is 17.9 Å². The van der Waals surface area contributed by atoms with Crippen LogP contribution >= 0.6 is 0 Å². The van der Waals surface area contributed by atoms with E-state index < -0.39 is 12.0 Å². The SMILES string of the molecule is O=C(O)NCC(=O)N1CC2(CCCCC2)CC1=O. The lowest BCUT2D eigenvalue weighted by Gasteiger charge is -2.32. The fourth-order valence-electron chi connectivity index (χ4n) is 3.01. The molecule has 3 amide bonds. The molecule has 6 nitrogen and oxygen atoms in total. The minimum Gasteiger partial charge on any atom is -0.465 e. The Morgan fingerprint density at radius 3 is 2.56 bits per heavy atom. The Kier molecular flexibility index (Phi) is 3.54. The molecule has 18 heavy (non-hydrogen) atoms. The third kappa shape index (κ3) is 2.63. The van der Waals surface area contributed by atoms with Gasteiger partial charge in [0.1, 0.15) is 6.54 Å². The second kappa shape index (κ2) is 4.96. The number of amides is 3. The number of carbonyl (C=O) groups is 3. The molecular formula is C12H18N2O4. The molecule has 1 saturated carbocycles. The Bertz CT molecular complexity index is 374. The molecule has 1 spiro atoms. The van der Waals surface area contributed by atoms with Crippen molar-refractivity contribution in [3.05, 3.63) is 0 Å². The number of likely N-dealkylation sites (tertiary alicyclic amines) is 1. The van der Waals surface area contributed by atoms with Gasteiger partial charge in [-0.25, -0.2) is 4.79 Å². The Balaban J connectivity index is 1.96. The number of hydrogen-bond acceptors (Lipinski definition) is 3. The quantitative estimate of drug-likeness (QED) is 0.768. The Morgan fingerprint density at radius 2 is 1.94 bits per heavy atom. The van der Waals surface area contributed by atoms with Crippen LogP contribution in [-0.4, -0.2) is 41.0 Å². The van der Waals surface area contributed by atoms with E-state index in [0.29, 0.717) is 13.0 Å². The molecule has 2 N–H and O–H groups in total. The lowest BCUT2D eigenvalue weighted by atomic mass is 9.73. The van der Waals surface area contributed by atoms with E-state index in [4.69, 9.17) is 5.11 Å². The minimum absolute atomic E-state index is 0.0335. The number of nitrogens with zero attached hydrogens (tertiary/aromatic N) is 1. The highest BCUT2D eigenvalue weighted by Crippen LogP contribution is 2.44. The van der Waals surface area contributed by atoms with E-state index in [1.165, 1.54) is 11.3 Å². The lowest BCUT2D eigenvalue weighted by molar-refractivity contribution is -0.141. The summed E-state index contributed by atoms with van der Waals surface area (Å²) in [5.74, 6) is -0.598. The van der Waals surface area contributed by atoms with E-state index in [1.807, 2.05) is 5.32 Å². The van der Waals surface area contributed by atoms with Gasteiger partial charge in [0.05, 0.1) is 0 Å². The minimum atomic E-state index is -1.25. The summed E-state index contributed by atoms with van der Waals surface area (Å²) in [5, 5.41) is 10.5. The van der Waals surface area contributed by atoms with Crippen LogP contribution in [0.5, 0.6) is 0 Å². The standard InChI is InChI=1S/C12H18N2O4/c15-9-6-12(4-2-1-3-5-12)8-14(9)10(16)7-13-11(17)18/h13H,1-8H2,(H,17,18). The normalized spacial score (nSPS) is 22.2. The third-order valence-corrected chi connectivity index (χ3v) is 3.93. The van der Waals surface area contributed by atoms with Crippen molar-refractivity contribution in [3.8, 4) is 0 Å². The Hall–Kier alpha value is -1.59. The zero-order valence-corrected chi connectivity index (χ0v) is 10.3. The first kappa shape index (κ1) is 12.9. The summed E-state index contributed by atoms with van der Waals surface area (Å²) in [6, 6.07) is 0. The average Bonchev–Trinajstić information content (AvgIpc) is 2.64. The number of imide groups is 1. The summed E-state index contributed by atoms with van der Waals surface area (Å²) >= 11 is 0. The van der Waals surface area contributed by atoms with Crippen molar-refractivity contribution in [2.75, 3.05) is 13.1 Å². The molecule has 2 aliphatic rings. The van der Waals surface area contributed by atoms with Crippen molar-refractivity contribution in [2.24, 2.45) is 5.41 Å². The molecule has 0 bridgehead atoms. The van der Waals surface area contributed by atoms with Gasteiger partial charge in [0.25, 0.3) is 0 Å². The predicted molar refractivity (Wildman–Crippen MR) is 62.9 cm³/mol. The second-order valence-electron chi connectivity index (χ2n) is 5.27. The van der Waals surface area contributed by atoms with Gasteiger partial charge in [-0.05, 0) is 18.3 Å². The van der Waals surface area contributed by atoms with Gasteiger partial charge in [0.2, 0.25) is 11.8 Å². The molecule has 2 rings (SSSR count). The highest BCUT2D eigenvalue weighted by molar-refractivity contribution is 5.98. The number of rotatable bonds is 2. The van der Waals surface area contributed by atoms with Gasteiger partial charge in [-0.3, -0.25) is 14.5 Å². The van der Waals surface area contributed by atoms with E-state index >= 15 is 0 Å². The fraction of sp³-hybridized carbons (Fsp3) is 0.750. The first-order valence-electron chi connectivity index (χ1n) is 6.32. The molecule has 6 heteroatoms. The Labute approximate surface area is 105 Å². The van der Waals surface area contributed by atoms with Gasteiger partial charge in [-0.15, -0.1) is 0 Å². The number of nitrogens with one attached hydrogen (secondary N) is 1. The van der Waals surface area contributed by atoms with E-state index in [9.17, 15) is 14.4 Å². The van der Waals surface area contributed by atoms with Gasteiger partial charge in [-0.1, -0.05) is 19.3 Å². The number of carbonyl (C=O) groups excluding carboxylic acids is 2. The van der Waals surface area contributed by atoms with Crippen molar-refractivity contribution < 1.29 is 19.5 Å². The second-order valence-corrected chi connectivity index (χ2v) is 5.27. The van der Waals surface area contributed by atoms with Crippen LogP contribution in [0.4, 0.5) is 4.79 Å². The van der Waals surface area contributed by atoms with Crippen molar-refractivity contribution in [2.45, 2.75) is 38.5 Å². The van der Waals surface area contributed by atoms with E-state index in [1.54, 1.807) is 0 Å². The van der Waals surface area contributed by atoms with Crippen LogP contribution in [0.1, 0.15) is 38.5 Å². The molecule has 0 aromatic carbocycles. The first-order valence-corrected chi connectivity index (χ1v) is 6.32. The molecule has 0 aromatic rings. The topological polar surface area (TPSA) is 86.7 Å².